The Balaban J connectivity index is 2.10. The van der Waals surface area contributed by atoms with Crippen LogP contribution in [0, 0.1) is 6.92 Å². The van der Waals surface area contributed by atoms with Crippen LogP contribution in [-0.4, -0.2) is 43.8 Å². The summed E-state index contributed by atoms with van der Waals surface area (Å²) in [6, 6.07) is 12.8. The molecule has 0 fully saturated rings. The molecule has 0 aliphatic heterocycles. The minimum Gasteiger partial charge on any atom is -0.352 e. The number of sulfonamides is 1. The molecule has 2 amide bonds. The smallest absolute Gasteiger partial charge is 0.352 e. The molecule has 0 heterocycles. The Labute approximate surface area is 259 Å². The third-order valence-corrected chi connectivity index (χ3v) is 9.38. The number of hydrogen-bond donors (Lipinski definition) is 1. The first-order chi connectivity index (χ1) is 20.0. The standard InChI is InChI=1S/C30H32Cl2F3N3O4S/c1-5-20(3)36-29(40)21(4)37(17-22-11-14-26(31)27(32)15-22)28(39)18-38(24-8-6-7-23(16-24)30(33,34)35)43(41,42)25-12-9-19(2)10-13-25/h6-16,20-21H,5,17-18H2,1-4H3,(H,36,40)/t20-,21+/m1/s1. The van der Waals surface area contributed by atoms with Crippen molar-refractivity contribution in [1.29, 1.82) is 0 Å². The highest BCUT2D eigenvalue weighted by molar-refractivity contribution is 7.92. The molecule has 0 aromatic heterocycles. The highest BCUT2D eigenvalue weighted by Gasteiger charge is 2.35. The van der Waals surface area contributed by atoms with Crippen LogP contribution in [-0.2, 0) is 32.3 Å². The zero-order chi connectivity index (χ0) is 32.1. The van der Waals surface area contributed by atoms with Gasteiger partial charge in [0.25, 0.3) is 10.0 Å². The highest BCUT2D eigenvalue weighted by atomic mass is 35.5. The van der Waals surface area contributed by atoms with Gasteiger partial charge in [-0.15, -0.1) is 0 Å². The molecule has 0 unspecified atom stereocenters. The zero-order valence-electron chi connectivity index (χ0n) is 24.0. The first kappa shape index (κ1) is 34.2. The normalized spacial score (nSPS) is 13.2. The van der Waals surface area contributed by atoms with E-state index < -0.39 is 46.2 Å². The van der Waals surface area contributed by atoms with Gasteiger partial charge in [0, 0.05) is 12.6 Å². The van der Waals surface area contributed by atoms with Crippen LogP contribution in [0.5, 0.6) is 0 Å². The van der Waals surface area contributed by atoms with Gasteiger partial charge in [0.2, 0.25) is 11.8 Å². The van der Waals surface area contributed by atoms with Crippen molar-refractivity contribution in [3.8, 4) is 0 Å². The number of rotatable bonds is 11. The van der Waals surface area contributed by atoms with E-state index in [-0.39, 0.29) is 33.2 Å². The number of carbonyl (C=O) groups is 2. The summed E-state index contributed by atoms with van der Waals surface area (Å²) in [6.07, 6.45) is -4.14. The monoisotopic (exact) mass is 657 g/mol. The summed E-state index contributed by atoms with van der Waals surface area (Å²) in [5.74, 6) is -1.32. The lowest BCUT2D eigenvalue weighted by Gasteiger charge is -2.32. The molecule has 7 nitrogen and oxygen atoms in total. The number of halogens is 5. The quantitative estimate of drug-likeness (QED) is 0.244. The van der Waals surface area contributed by atoms with Crippen LogP contribution in [0.3, 0.4) is 0 Å². The molecule has 3 rings (SSSR count). The number of nitrogens with one attached hydrogen (secondary N) is 1. The summed E-state index contributed by atoms with van der Waals surface area (Å²) >= 11 is 12.2. The Bertz CT molecular complexity index is 1570. The van der Waals surface area contributed by atoms with E-state index in [0.29, 0.717) is 22.4 Å². The van der Waals surface area contributed by atoms with E-state index in [2.05, 4.69) is 5.32 Å². The number of aryl methyl sites for hydroxylation is 1. The summed E-state index contributed by atoms with van der Waals surface area (Å²) < 4.78 is 69.2. The maximum atomic E-state index is 14.0. The van der Waals surface area contributed by atoms with E-state index in [1.165, 1.54) is 49.4 Å². The molecular formula is C30H32Cl2F3N3O4S. The fourth-order valence-corrected chi connectivity index (χ4v) is 5.81. The zero-order valence-corrected chi connectivity index (χ0v) is 26.3. The van der Waals surface area contributed by atoms with Crippen LogP contribution in [0.1, 0.15) is 43.9 Å². The molecule has 0 aliphatic rings. The van der Waals surface area contributed by atoms with Gasteiger partial charge in [0.05, 0.1) is 26.2 Å². The van der Waals surface area contributed by atoms with Crippen molar-refractivity contribution >= 4 is 50.7 Å². The number of amides is 2. The summed E-state index contributed by atoms with van der Waals surface area (Å²) in [5.41, 5.74) is -0.196. The molecule has 0 aliphatic carbocycles. The predicted molar refractivity (Wildman–Crippen MR) is 162 cm³/mol. The predicted octanol–water partition coefficient (Wildman–Crippen LogP) is 6.85. The maximum absolute atomic E-state index is 14.0. The number of hydrogen-bond acceptors (Lipinski definition) is 4. The van der Waals surface area contributed by atoms with Crippen LogP contribution in [0.25, 0.3) is 0 Å². The SMILES string of the molecule is CC[C@@H](C)NC(=O)[C@H](C)N(Cc1ccc(Cl)c(Cl)c1)C(=O)CN(c1cccc(C(F)(F)F)c1)S(=O)(=O)c1ccc(C)cc1. The fraction of sp³-hybridized carbons (Fsp3) is 0.333. The van der Waals surface area contributed by atoms with Gasteiger partial charge >= 0.3 is 6.18 Å². The van der Waals surface area contributed by atoms with Crippen molar-refractivity contribution in [3.05, 3.63) is 93.5 Å². The van der Waals surface area contributed by atoms with E-state index in [4.69, 9.17) is 23.2 Å². The second kappa shape index (κ2) is 14.0. The minimum absolute atomic E-state index is 0.161. The molecule has 2 atom stereocenters. The average molecular weight is 659 g/mol. The number of benzene rings is 3. The first-order valence-electron chi connectivity index (χ1n) is 13.3. The lowest BCUT2D eigenvalue weighted by molar-refractivity contribution is -0.139. The van der Waals surface area contributed by atoms with E-state index >= 15 is 0 Å². The summed E-state index contributed by atoms with van der Waals surface area (Å²) in [6.45, 7) is 5.84. The Morgan fingerprint density at radius 1 is 0.953 bits per heavy atom. The number of carbonyl (C=O) groups excluding carboxylic acids is 2. The molecule has 3 aromatic rings. The van der Waals surface area contributed by atoms with Gasteiger partial charge in [-0.1, -0.05) is 60.0 Å². The van der Waals surface area contributed by atoms with Crippen LogP contribution >= 0.6 is 23.2 Å². The van der Waals surface area contributed by atoms with Crippen LogP contribution < -0.4 is 9.62 Å². The van der Waals surface area contributed by atoms with E-state index in [1.807, 2.05) is 6.92 Å². The third kappa shape index (κ3) is 8.64. The molecule has 13 heteroatoms. The fourth-order valence-electron chi connectivity index (χ4n) is 4.09. The lowest BCUT2D eigenvalue weighted by atomic mass is 10.1. The third-order valence-electron chi connectivity index (χ3n) is 6.85. The summed E-state index contributed by atoms with van der Waals surface area (Å²) in [7, 11) is -4.54. The topological polar surface area (TPSA) is 86.8 Å². The van der Waals surface area contributed by atoms with Crippen LogP contribution in [0.15, 0.2) is 71.6 Å². The summed E-state index contributed by atoms with van der Waals surface area (Å²) in [5, 5.41) is 3.28. The van der Waals surface area contributed by atoms with Crippen molar-refractivity contribution in [2.24, 2.45) is 0 Å². The van der Waals surface area contributed by atoms with E-state index in [9.17, 15) is 31.2 Å². The van der Waals surface area contributed by atoms with E-state index in [0.717, 1.165) is 22.6 Å². The number of anilines is 1. The molecule has 43 heavy (non-hydrogen) atoms. The van der Waals surface area contributed by atoms with Crippen molar-refractivity contribution in [2.75, 3.05) is 10.8 Å². The van der Waals surface area contributed by atoms with Gasteiger partial charge in [-0.3, -0.25) is 13.9 Å². The first-order valence-corrected chi connectivity index (χ1v) is 15.5. The van der Waals surface area contributed by atoms with Gasteiger partial charge in [0.15, 0.2) is 0 Å². The van der Waals surface area contributed by atoms with Crippen molar-refractivity contribution in [2.45, 2.75) is 63.8 Å². The number of nitrogens with zero attached hydrogens (tertiary/aromatic N) is 2. The molecule has 232 valence electrons. The molecule has 0 saturated carbocycles. The minimum atomic E-state index is -4.76. The molecule has 0 bridgehead atoms. The molecule has 1 N–H and O–H groups in total. The highest BCUT2D eigenvalue weighted by Crippen LogP contribution is 2.33. The van der Waals surface area contributed by atoms with Crippen LogP contribution in [0.2, 0.25) is 10.0 Å². The Kier molecular flexibility index (Phi) is 11.1. The molecule has 0 radical (unpaired) electrons. The molecule has 0 spiro atoms. The van der Waals surface area contributed by atoms with Crippen molar-refractivity contribution in [1.82, 2.24) is 10.2 Å². The Hall–Kier alpha value is -3.28. The van der Waals surface area contributed by atoms with Gasteiger partial charge in [-0.05, 0) is 75.2 Å². The molecule has 3 aromatic carbocycles. The molecule has 0 saturated heterocycles. The second-order valence-corrected chi connectivity index (χ2v) is 12.8. The Morgan fingerprint density at radius 2 is 1.60 bits per heavy atom. The number of alkyl halides is 3. The molecular weight excluding hydrogens is 626 g/mol. The van der Waals surface area contributed by atoms with Crippen molar-refractivity contribution < 1.29 is 31.2 Å². The maximum Gasteiger partial charge on any atom is 0.416 e. The Morgan fingerprint density at radius 3 is 2.19 bits per heavy atom. The lowest BCUT2D eigenvalue weighted by Crippen LogP contribution is -2.52. The van der Waals surface area contributed by atoms with Gasteiger partial charge in [-0.2, -0.15) is 13.2 Å². The van der Waals surface area contributed by atoms with Gasteiger partial charge in [0.1, 0.15) is 12.6 Å². The van der Waals surface area contributed by atoms with E-state index in [1.54, 1.807) is 19.9 Å². The van der Waals surface area contributed by atoms with Gasteiger partial charge in [-0.25, -0.2) is 8.42 Å². The second-order valence-electron chi connectivity index (χ2n) is 10.1. The van der Waals surface area contributed by atoms with Crippen molar-refractivity contribution in [3.63, 3.8) is 0 Å². The van der Waals surface area contributed by atoms with Gasteiger partial charge < -0.3 is 10.2 Å². The van der Waals surface area contributed by atoms with Crippen LogP contribution in [0.4, 0.5) is 18.9 Å². The largest absolute Gasteiger partial charge is 0.416 e. The summed E-state index contributed by atoms with van der Waals surface area (Å²) in [4.78, 5) is 28.0. The average Bonchev–Trinajstić information content (AvgIpc) is 2.95.